The summed E-state index contributed by atoms with van der Waals surface area (Å²) in [5, 5.41) is 10.8. The standard InChI is InChI=1S/C16H22ClNO3/c1-10(2)16(20)8-18(9-16)15(19)12(4)21-14-6-5-13(17)7-11(14)3/h5-7,10,12,20H,8-9H2,1-4H3. The Morgan fingerprint density at radius 3 is 2.52 bits per heavy atom. The number of β-amino-alcohol motifs (C(OH)–C–C–N with tert-alkyl or cyclic N) is 1. The van der Waals surface area contributed by atoms with Gasteiger partial charge in [-0.05, 0) is 43.5 Å². The van der Waals surface area contributed by atoms with Crippen molar-refractivity contribution < 1.29 is 14.6 Å². The molecule has 21 heavy (non-hydrogen) atoms. The van der Waals surface area contributed by atoms with Gasteiger partial charge in [-0.2, -0.15) is 0 Å². The Morgan fingerprint density at radius 2 is 2.00 bits per heavy atom. The van der Waals surface area contributed by atoms with Gasteiger partial charge in [-0.1, -0.05) is 25.4 Å². The van der Waals surface area contributed by atoms with Gasteiger partial charge in [0.1, 0.15) is 11.4 Å². The summed E-state index contributed by atoms with van der Waals surface area (Å²) in [5.74, 6) is 0.686. The molecule has 1 N–H and O–H groups in total. The van der Waals surface area contributed by atoms with E-state index in [2.05, 4.69) is 0 Å². The molecule has 1 heterocycles. The van der Waals surface area contributed by atoms with Crippen LogP contribution in [-0.2, 0) is 4.79 Å². The van der Waals surface area contributed by atoms with Gasteiger partial charge in [0.25, 0.3) is 5.91 Å². The molecule has 0 radical (unpaired) electrons. The molecule has 1 saturated heterocycles. The minimum Gasteiger partial charge on any atom is -0.481 e. The number of benzene rings is 1. The second-order valence-corrected chi connectivity index (χ2v) is 6.56. The fourth-order valence-electron chi connectivity index (χ4n) is 2.38. The molecule has 1 atom stereocenters. The van der Waals surface area contributed by atoms with E-state index in [1.807, 2.05) is 20.8 Å². The normalized spacial score (nSPS) is 18.3. The minimum absolute atomic E-state index is 0.102. The number of rotatable bonds is 4. The highest BCUT2D eigenvalue weighted by Gasteiger charge is 2.46. The lowest BCUT2D eigenvalue weighted by molar-refractivity contribution is -0.169. The first kappa shape index (κ1) is 16.1. The van der Waals surface area contributed by atoms with E-state index in [1.165, 1.54) is 0 Å². The molecule has 1 unspecified atom stereocenters. The summed E-state index contributed by atoms with van der Waals surface area (Å²) in [7, 11) is 0. The molecule has 1 aliphatic heterocycles. The molecule has 0 bridgehead atoms. The van der Waals surface area contributed by atoms with Crippen molar-refractivity contribution in [2.45, 2.75) is 39.4 Å². The van der Waals surface area contributed by atoms with Crippen molar-refractivity contribution in [2.75, 3.05) is 13.1 Å². The average Bonchev–Trinajstić information content (AvgIpc) is 2.37. The molecule has 0 saturated carbocycles. The lowest BCUT2D eigenvalue weighted by atomic mass is 9.83. The van der Waals surface area contributed by atoms with Crippen LogP contribution in [0.1, 0.15) is 26.3 Å². The molecule has 1 amide bonds. The maximum absolute atomic E-state index is 12.3. The van der Waals surface area contributed by atoms with Crippen LogP contribution in [0, 0.1) is 12.8 Å². The largest absolute Gasteiger partial charge is 0.481 e. The molecule has 0 aromatic heterocycles. The number of nitrogens with zero attached hydrogens (tertiary/aromatic N) is 1. The monoisotopic (exact) mass is 311 g/mol. The van der Waals surface area contributed by atoms with Crippen LogP contribution < -0.4 is 4.74 Å². The van der Waals surface area contributed by atoms with E-state index >= 15 is 0 Å². The van der Waals surface area contributed by atoms with E-state index in [9.17, 15) is 9.90 Å². The van der Waals surface area contributed by atoms with Gasteiger partial charge in [0.2, 0.25) is 0 Å². The second-order valence-electron chi connectivity index (χ2n) is 6.12. The number of amides is 1. The minimum atomic E-state index is -0.758. The summed E-state index contributed by atoms with van der Waals surface area (Å²) >= 11 is 5.90. The van der Waals surface area contributed by atoms with Crippen LogP contribution in [0.15, 0.2) is 18.2 Å². The molecular weight excluding hydrogens is 290 g/mol. The molecule has 0 aliphatic carbocycles. The zero-order valence-corrected chi connectivity index (χ0v) is 13.6. The molecule has 1 aromatic carbocycles. The van der Waals surface area contributed by atoms with Gasteiger partial charge < -0.3 is 14.7 Å². The van der Waals surface area contributed by atoms with E-state index < -0.39 is 11.7 Å². The third-order valence-electron chi connectivity index (χ3n) is 4.10. The van der Waals surface area contributed by atoms with Gasteiger partial charge in [-0.15, -0.1) is 0 Å². The highest BCUT2D eigenvalue weighted by Crippen LogP contribution is 2.30. The quantitative estimate of drug-likeness (QED) is 0.930. The number of halogens is 1. The summed E-state index contributed by atoms with van der Waals surface area (Å²) in [6, 6.07) is 5.31. The van der Waals surface area contributed by atoms with E-state index in [0.717, 1.165) is 5.56 Å². The Kier molecular flexibility index (Phi) is 4.49. The van der Waals surface area contributed by atoms with E-state index in [-0.39, 0.29) is 11.8 Å². The van der Waals surface area contributed by atoms with Gasteiger partial charge in [-0.3, -0.25) is 4.79 Å². The van der Waals surface area contributed by atoms with Crippen molar-refractivity contribution in [3.8, 4) is 5.75 Å². The summed E-state index contributed by atoms with van der Waals surface area (Å²) < 4.78 is 5.72. The van der Waals surface area contributed by atoms with Crippen LogP contribution in [0.2, 0.25) is 5.02 Å². The van der Waals surface area contributed by atoms with E-state index in [0.29, 0.717) is 23.9 Å². The SMILES string of the molecule is Cc1cc(Cl)ccc1OC(C)C(=O)N1CC(O)(C(C)C)C1. The topological polar surface area (TPSA) is 49.8 Å². The highest BCUT2D eigenvalue weighted by atomic mass is 35.5. The number of aryl methyl sites for hydroxylation is 1. The average molecular weight is 312 g/mol. The first-order chi connectivity index (χ1) is 9.73. The van der Waals surface area contributed by atoms with Crippen molar-refractivity contribution in [3.63, 3.8) is 0 Å². The van der Waals surface area contributed by atoms with Gasteiger partial charge in [0.05, 0.1) is 13.1 Å². The fourth-order valence-corrected chi connectivity index (χ4v) is 2.61. The number of likely N-dealkylation sites (tertiary alicyclic amines) is 1. The summed E-state index contributed by atoms with van der Waals surface area (Å²) in [6.07, 6.45) is -0.582. The van der Waals surface area contributed by atoms with Crippen molar-refractivity contribution in [2.24, 2.45) is 5.92 Å². The lowest BCUT2D eigenvalue weighted by Gasteiger charge is -2.49. The number of ether oxygens (including phenoxy) is 1. The predicted octanol–water partition coefficient (Wildman–Crippen LogP) is 2.65. The third kappa shape index (κ3) is 3.33. The van der Waals surface area contributed by atoms with Crippen LogP contribution >= 0.6 is 11.6 Å². The smallest absolute Gasteiger partial charge is 0.263 e. The molecule has 116 valence electrons. The highest BCUT2D eigenvalue weighted by molar-refractivity contribution is 6.30. The van der Waals surface area contributed by atoms with Crippen LogP contribution in [0.4, 0.5) is 0 Å². The molecule has 2 rings (SSSR count). The zero-order chi connectivity index (χ0) is 15.8. The molecule has 0 spiro atoms. The van der Waals surface area contributed by atoms with Crippen molar-refractivity contribution in [1.82, 2.24) is 4.90 Å². The van der Waals surface area contributed by atoms with Gasteiger partial charge in [-0.25, -0.2) is 0 Å². The predicted molar refractivity (Wildman–Crippen MR) is 82.6 cm³/mol. The van der Waals surface area contributed by atoms with Gasteiger partial charge in [0, 0.05) is 5.02 Å². The van der Waals surface area contributed by atoms with Gasteiger partial charge >= 0.3 is 0 Å². The van der Waals surface area contributed by atoms with Crippen LogP contribution in [0.3, 0.4) is 0 Å². The van der Waals surface area contributed by atoms with Crippen molar-refractivity contribution >= 4 is 17.5 Å². The summed E-state index contributed by atoms with van der Waals surface area (Å²) in [5.41, 5.74) is 0.135. The first-order valence-corrected chi connectivity index (χ1v) is 7.55. The fraction of sp³-hybridized carbons (Fsp3) is 0.562. The summed E-state index contributed by atoms with van der Waals surface area (Å²) in [6.45, 7) is 8.27. The maximum atomic E-state index is 12.3. The third-order valence-corrected chi connectivity index (χ3v) is 4.34. The van der Waals surface area contributed by atoms with E-state index in [4.69, 9.17) is 16.3 Å². The number of hydrogen-bond acceptors (Lipinski definition) is 3. The Morgan fingerprint density at radius 1 is 1.38 bits per heavy atom. The van der Waals surface area contributed by atoms with Gasteiger partial charge in [0.15, 0.2) is 6.10 Å². The molecule has 1 fully saturated rings. The maximum Gasteiger partial charge on any atom is 0.263 e. The molecule has 1 aromatic rings. The Bertz CT molecular complexity index is 538. The zero-order valence-electron chi connectivity index (χ0n) is 12.9. The summed E-state index contributed by atoms with van der Waals surface area (Å²) in [4.78, 5) is 13.9. The molecular formula is C16H22ClNO3. The Hall–Kier alpha value is -1.26. The van der Waals surface area contributed by atoms with Crippen LogP contribution in [0.5, 0.6) is 5.75 Å². The number of hydrogen-bond donors (Lipinski definition) is 1. The molecule has 5 heteroatoms. The van der Waals surface area contributed by atoms with Crippen molar-refractivity contribution in [3.05, 3.63) is 28.8 Å². The van der Waals surface area contributed by atoms with Crippen LogP contribution in [0.25, 0.3) is 0 Å². The molecule has 4 nitrogen and oxygen atoms in total. The molecule has 1 aliphatic rings. The van der Waals surface area contributed by atoms with E-state index in [1.54, 1.807) is 30.0 Å². The Balaban J connectivity index is 1.95. The Labute approximate surface area is 130 Å². The number of aliphatic hydroxyl groups is 1. The van der Waals surface area contributed by atoms with Crippen molar-refractivity contribution in [1.29, 1.82) is 0 Å². The lowest BCUT2D eigenvalue weighted by Crippen LogP contribution is -2.67. The van der Waals surface area contributed by atoms with Crippen LogP contribution in [-0.4, -0.2) is 40.7 Å². The number of carbonyl (C=O) groups is 1. The second kappa shape index (κ2) is 5.85. The first-order valence-electron chi connectivity index (χ1n) is 7.17. The number of carbonyl (C=O) groups excluding carboxylic acids is 1.